The molecule has 1 aliphatic carbocycles. The van der Waals surface area contributed by atoms with E-state index in [9.17, 15) is 4.79 Å². The molecule has 102 valence electrons. The highest BCUT2D eigenvalue weighted by molar-refractivity contribution is 5.82. The highest BCUT2D eigenvalue weighted by Crippen LogP contribution is 2.39. The summed E-state index contributed by atoms with van der Waals surface area (Å²) in [7, 11) is 0. The Bertz CT molecular complexity index is 320. The van der Waals surface area contributed by atoms with Crippen molar-refractivity contribution in [3.05, 3.63) is 12.2 Å². The molecule has 0 aromatic heterocycles. The Hall–Kier alpha value is -0.910. The van der Waals surface area contributed by atoms with Crippen LogP contribution in [0.2, 0.25) is 0 Å². The van der Waals surface area contributed by atoms with Crippen LogP contribution in [0.25, 0.3) is 0 Å². The van der Waals surface area contributed by atoms with Gasteiger partial charge in [-0.15, -0.1) is 0 Å². The van der Waals surface area contributed by atoms with E-state index in [0.717, 1.165) is 25.7 Å². The number of carbonyl (C=O) groups is 1. The summed E-state index contributed by atoms with van der Waals surface area (Å²) in [5.74, 6) is -0.944. The number of carbonyl (C=O) groups excluding carboxylic acids is 1. The van der Waals surface area contributed by atoms with Crippen LogP contribution in [0.4, 0.5) is 0 Å². The first-order valence-corrected chi connectivity index (χ1v) is 6.44. The lowest BCUT2D eigenvalue weighted by atomic mass is 10.1. The molecule has 2 rings (SSSR count). The number of ether oxygens (including phenoxy) is 2. The minimum atomic E-state index is -0.736. The van der Waals surface area contributed by atoms with Crippen molar-refractivity contribution in [2.75, 3.05) is 13.2 Å². The van der Waals surface area contributed by atoms with Gasteiger partial charge in [0.25, 0.3) is 0 Å². The molecule has 1 aliphatic heterocycles. The molecule has 1 saturated carbocycles. The van der Waals surface area contributed by atoms with E-state index in [1.54, 1.807) is 13.0 Å². The molecule has 2 aliphatic rings. The first-order chi connectivity index (χ1) is 8.58. The molecule has 5 nitrogen and oxygen atoms in total. The van der Waals surface area contributed by atoms with Crippen LogP contribution >= 0.6 is 0 Å². The largest absolute Gasteiger partial charge is 0.463 e. The van der Waals surface area contributed by atoms with Crippen molar-refractivity contribution in [2.24, 2.45) is 0 Å². The molecule has 18 heavy (non-hydrogen) atoms. The Morgan fingerprint density at radius 2 is 2.06 bits per heavy atom. The van der Waals surface area contributed by atoms with Gasteiger partial charge in [-0.3, -0.25) is 0 Å². The van der Waals surface area contributed by atoms with Gasteiger partial charge < -0.3 is 9.47 Å². The lowest BCUT2D eigenvalue weighted by molar-refractivity contribution is -0.499. The fourth-order valence-electron chi connectivity index (χ4n) is 2.15. The average molecular weight is 256 g/mol. The number of esters is 1. The first kappa shape index (κ1) is 13.5. The number of hydrogen-bond acceptors (Lipinski definition) is 5. The molecule has 1 saturated heterocycles. The van der Waals surface area contributed by atoms with E-state index in [1.807, 2.05) is 6.92 Å². The van der Waals surface area contributed by atoms with Crippen molar-refractivity contribution in [1.82, 2.24) is 0 Å². The van der Waals surface area contributed by atoms with E-state index in [-0.39, 0.29) is 5.97 Å². The Morgan fingerprint density at radius 3 is 2.61 bits per heavy atom. The molecular weight excluding hydrogens is 236 g/mol. The summed E-state index contributed by atoms with van der Waals surface area (Å²) in [6.45, 7) is 4.31. The summed E-state index contributed by atoms with van der Waals surface area (Å²) in [4.78, 5) is 22.1. The summed E-state index contributed by atoms with van der Waals surface area (Å²) in [6, 6.07) is 0. The first-order valence-electron chi connectivity index (χ1n) is 6.44. The van der Waals surface area contributed by atoms with Crippen LogP contribution in [0.3, 0.4) is 0 Å². The molecular formula is C13H20O5. The molecule has 0 bridgehead atoms. The quantitative estimate of drug-likeness (QED) is 0.440. The van der Waals surface area contributed by atoms with Crippen molar-refractivity contribution in [3.63, 3.8) is 0 Å². The Kier molecular flexibility index (Phi) is 4.04. The highest BCUT2D eigenvalue weighted by Gasteiger charge is 2.45. The fourth-order valence-corrected chi connectivity index (χ4v) is 2.15. The highest BCUT2D eigenvalue weighted by atomic mass is 17.2. The van der Waals surface area contributed by atoms with E-state index >= 15 is 0 Å². The van der Waals surface area contributed by atoms with Gasteiger partial charge in [0.2, 0.25) is 5.79 Å². The van der Waals surface area contributed by atoms with Crippen LogP contribution in [0.5, 0.6) is 0 Å². The molecule has 0 N–H and O–H groups in total. The molecule has 2 fully saturated rings. The van der Waals surface area contributed by atoms with Gasteiger partial charge in [0.05, 0.1) is 13.2 Å². The SMILES string of the molecule is CCOC(=O)/C=C/C1(C)COC2(CCCC2)OO1. The van der Waals surface area contributed by atoms with E-state index in [4.69, 9.17) is 19.2 Å². The van der Waals surface area contributed by atoms with Gasteiger partial charge in [-0.25, -0.2) is 14.6 Å². The molecule has 5 heteroatoms. The van der Waals surface area contributed by atoms with Gasteiger partial charge in [-0.1, -0.05) is 0 Å². The van der Waals surface area contributed by atoms with Crippen LogP contribution in [0, 0.1) is 0 Å². The predicted octanol–water partition coefficient (Wildman–Crippen LogP) is 2.11. The zero-order valence-electron chi connectivity index (χ0n) is 10.9. The van der Waals surface area contributed by atoms with E-state index in [0.29, 0.717) is 13.2 Å². The summed E-state index contributed by atoms with van der Waals surface area (Å²) in [5.41, 5.74) is -0.736. The zero-order chi connectivity index (χ0) is 13.1. The summed E-state index contributed by atoms with van der Waals surface area (Å²) in [6.07, 6.45) is 6.89. The second-order valence-electron chi connectivity index (χ2n) is 4.97. The summed E-state index contributed by atoms with van der Waals surface area (Å²) in [5, 5.41) is 0. The molecule has 1 unspecified atom stereocenters. The van der Waals surface area contributed by atoms with Gasteiger partial charge in [-0.2, -0.15) is 0 Å². The van der Waals surface area contributed by atoms with Crippen molar-refractivity contribution < 1.29 is 24.0 Å². The molecule has 1 atom stereocenters. The number of rotatable bonds is 3. The Balaban J connectivity index is 1.88. The van der Waals surface area contributed by atoms with Crippen LogP contribution < -0.4 is 0 Å². The second kappa shape index (κ2) is 5.38. The average Bonchev–Trinajstić information content (AvgIpc) is 2.81. The van der Waals surface area contributed by atoms with Crippen molar-refractivity contribution >= 4 is 5.97 Å². The molecule has 1 heterocycles. The van der Waals surface area contributed by atoms with E-state index in [2.05, 4.69) is 0 Å². The third-order valence-electron chi connectivity index (χ3n) is 3.23. The van der Waals surface area contributed by atoms with Gasteiger partial charge >= 0.3 is 5.97 Å². The third-order valence-corrected chi connectivity index (χ3v) is 3.23. The van der Waals surface area contributed by atoms with Crippen molar-refractivity contribution in [2.45, 2.75) is 50.9 Å². The Labute approximate surface area is 107 Å². The van der Waals surface area contributed by atoms with Gasteiger partial charge in [0.1, 0.15) is 5.60 Å². The molecule has 0 amide bonds. The maximum absolute atomic E-state index is 11.2. The second-order valence-corrected chi connectivity index (χ2v) is 4.97. The van der Waals surface area contributed by atoms with E-state index < -0.39 is 11.4 Å². The monoisotopic (exact) mass is 256 g/mol. The Morgan fingerprint density at radius 1 is 1.33 bits per heavy atom. The topological polar surface area (TPSA) is 54.0 Å². The maximum Gasteiger partial charge on any atom is 0.330 e. The molecule has 1 spiro atoms. The van der Waals surface area contributed by atoms with E-state index in [1.165, 1.54) is 6.08 Å². The van der Waals surface area contributed by atoms with Crippen LogP contribution in [0.15, 0.2) is 12.2 Å². The van der Waals surface area contributed by atoms with Crippen molar-refractivity contribution in [3.8, 4) is 0 Å². The van der Waals surface area contributed by atoms with Crippen molar-refractivity contribution in [1.29, 1.82) is 0 Å². The third kappa shape index (κ3) is 3.10. The summed E-state index contributed by atoms with van der Waals surface area (Å²) < 4.78 is 10.6. The van der Waals surface area contributed by atoms with Gasteiger partial charge in [0.15, 0.2) is 0 Å². The van der Waals surface area contributed by atoms with Gasteiger partial charge in [-0.05, 0) is 32.8 Å². The standard InChI is InChI=1S/C13H20O5/c1-3-15-11(14)6-9-12(2)10-16-13(18-17-12)7-4-5-8-13/h6,9H,3-5,7-8,10H2,1-2H3/b9-6+. The van der Waals surface area contributed by atoms with Gasteiger partial charge in [0, 0.05) is 18.9 Å². The maximum atomic E-state index is 11.2. The predicted molar refractivity (Wildman–Crippen MR) is 63.5 cm³/mol. The molecule has 0 aromatic rings. The zero-order valence-corrected chi connectivity index (χ0v) is 10.9. The summed E-state index contributed by atoms with van der Waals surface area (Å²) >= 11 is 0. The normalized spacial score (nSPS) is 31.0. The minimum absolute atomic E-state index is 0.358. The smallest absolute Gasteiger partial charge is 0.330 e. The lowest BCUT2D eigenvalue weighted by Gasteiger charge is -2.40. The molecule has 0 radical (unpaired) electrons. The number of hydrogen-bond donors (Lipinski definition) is 0. The van der Waals surface area contributed by atoms with Crippen LogP contribution in [-0.4, -0.2) is 30.6 Å². The van der Waals surface area contributed by atoms with Crippen LogP contribution in [-0.2, 0) is 24.0 Å². The van der Waals surface area contributed by atoms with Crippen LogP contribution in [0.1, 0.15) is 39.5 Å². The molecule has 0 aromatic carbocycles. The fraction of sp³-hybridized carbons (Fsp3) is 0.769. The minimum Gasteiger partial charge on any atom is -0.463 e. The lowest BCUT2D eigenvalue weighted by Crippen LogP contribution is -2.48.